The Kier molecular flexibility index (Phi) is 4.41. The lowest BCUT2D eigenvalue weighted by Gasteiger charge is -2.34. The first kappa shape index (κ1) is 13.6. The molecule has 1 aliphatic carbocycles. The molecule has 0 heterocycles. The van der Waals surface area contributed by atoms with E-state index in [2.05, 4.69) is 0 Å². The molecule has 3 heteroatoms. The van der Waals surface area contributed by atoms with Crippen molar-refractivity contribution in [2.24, 2.45) is 0 Å². The summed E-state index contributed by atoms with van der Waals surface area (Å²) in [5.41, 5.74) is 0.323. The molecule has 18 heavy (non-hydrogen) atoms. The number of hydrogen-bond acceptors (Lipinski definition) is 2. The number of carbonyl (C=O) groups excluding carboxylic acids is 1. The zero-order valence-corrected chi connectivity index (χ0v) is 11.5. The molecule has 1 aliphatic rings. The van der Waals surface area contributed by atoms with Crippen molar-refractivity contribution >= 4 is 17.4 Å². The second-order valence-corrected chi connectivity index (χ2v) is 5.36. The molecule has 2 nitrogen and oxygen atoms in total. The van der Waals surface area contributed by atoms with Crippen molar-refractivity contribution in [2.75, 3.05) is 7.11 Å². The van der Waals surface area contributed by atoms with Gasteiger partial charge in [-0.05, 0) is 24.5 Å². The number of carbonyl (C=O) groups is 1. The zero-order valence-electron chi connectivity index (χ0n) is 10.7. The molecule has 0 saturated heterocycles. The molecule has 0 aliphatic heterocycles. The number of benzene rings is 1. The van der Waals surface area contributed by atoms with Crippen molar-refractivity contribution in [3.05, 3.63) is 34.9 Å². The van der Waals surface area contributed by atoms with Gasteiger partial charge in [0.05, 0.1) is 0 Å². The quantitative estimate of drug-likeness (QED) is 0.829. The van der Waals surface area contributed by atoms with Crippen LogP contribution < -0.4 is 0 Å². The SMILES string of the molecule is COC1(C(=O)Cc2ccccc2Cl)CCCCC1. The van der Waals surface area contributed by atoms with Crippen LogP contribution in [0.5, 0.6) is 0 Å². The van der Waals surface area contributed by atoms with Gasteiger partial charge in [0.25, 0.3) is 0 Å². The van der Waals surface area contributed by atoms with Crippen molar-refractivity contribution in [3.63, 3.8) is 0 Å². The second-order valence-electron chi connectivity index (χ2n) is 4.95. The summed E-state index contributed by atoms with van der Waals surface area (Å²) in [5, 5.41) is 0.660. The monoisotopic (exact) mass is 266 g/mol. The fourth-order valence-electron chi connectivity index (χ4n) is 2.70. The highest BCUT2D eigenvalue weighted by atomic mass is 35.5. The molecule has 0 bridgehead atoms. The number of rotatable bonds is 4. The number of ether oxygens (including phenoxy) is 1. The van der Waals surface area contributed by atoms with Gasteiger partial charge in [0, 0.05) is 18.6 Å². The smallest absolute Gasteiger partial charge is 0.169 e. The summed E-state index contributed by atoms with van der Waals surface area (Å²) in [5.74, 6) is 0.165. The maximum atomic E-state index is 12.5. The first-order valence-corrected chi connectivity index (χ1v) is 6.88. The Morgan fingerprint density at radius 1 is 1.28 bits per heavy atom. The maximum Gasteiger partial charge on any atom is 0.169 e. The van der Waals surface area contributed by atoms with Gasteiger partial charge in [-0.3, -0.25) is 4.79 Å². The van der Waals surface area contributed by atoms with Crippen LogP contribution in [0.3, 0.4) is 0 Å². The Hall–Kier alpha value is -0.860. The van der Waals surface area contributed by atoms with E-state index in [1.165, 1.54) is 6.42 Å². The number of halogens is 1. The lowest BCUT2D eigenvalue weighted by Crippen LogP contribution is -2.43. The van der Waals surface area contributed by atoms with Crippen LogP contribution in [0.2, 0.25) is 5.02 Å². The van der Waals surface area contributed by atoms with Gasteiger partial charge in [-0.25, -0.2) is 0 Å². The van der Waals surface area contributed by atoms with Gasteiger partial charge in [-0.15, -0.1) is 0 Å². The van der Waals surface area contributed by atoms with Crippen LogP contribution in [0, 0.1) is 0 Å². The highest BCUT2D eigenvalue weighted by Gasteiger charge is 2.39. The molecule has 0 amide bonds. The molecule has 2 rings (SSSR count). The van der Waals surface area contributed by atoms with E-state index >= 15 is 0 Å². The van der Waals surface area contributed by atoms with Crippen molar-refractivity contribution in [3.8, 4) is 0 Å². The minimum absolute atomic E-state index is 0.165. The third-order valence-corrected chi connectivity index (χ3v) is 4.24. The summed E-state index contributed by atoms with van der Waals surface area (Å²) in [6, 6.07) is 7.52. The van der Waals surface area contributed by atoms with Crippen LogP contribution in [0.1, 0.15) is 37.7 Å². The van der Waals surface area contributed by atoms with Crippen LogP contribution in [0.15, 0.2) is 24.3 Å². The minimum atomic E-state index is -0.572. The predicted octanol–water partition coefficient (Wildman–Crippen LogP) is 3.80. The predicted molar refractivity (Wildman–Crippen MR) is 73.0 cm³/mol. The fourth-order valence-corrected chi connectivity index (χ4v) is 2.90. The summed E-state index contributed by atoms with van der Waals surface area (Å²) in [6.07, 6.45) is 5.39. The van der Waals surface area contributed by atoms with E-state index < -0.39 is 5.60 Å². The Morgan fingerprint density at radius 3 is 2.56 bits per heavy atom. The summed E-state index contributed by atoms with van der Waals surface area (Å²) in [6.45, 7) is 0. The van der Waals surface area contributed by atoms with Gasteiger partial charge < -0.3 is 4.74 Å². The van der Waals surface area contributed by atoms with Gasteiger partial charge in [0.1, 0.15) is 5.60 Å². The molecule has 1 aromatic carbocycles. The number of hydrogen-bond donors (Lipinski definition) is 0. The zero-order chi connectivity index (χ0) is 13.0. The van der Waals surface area contributed by atoms with Gasteiger partial charge in [0.2, 0.25) is 0 Å². The molecule has 1 aromatic rings. The van der Waals surface area contributed by atoms with Crippen molar-refractivity contribution in [2.45, 2.75) is 44.1 Å². The fraction of sp³-hybridized carbons (Fsp3) is 0.533. The van der Waals surface area contributed by atoms with E-state index in [1.54, 1.807) is 7.11 Å². The van der Waals surface area contributed by atoms with Gasteiger partial charge in [-0.1, -0.05) is 49.1 Å². The molecule has 0 N–H and O–H groups in total. The topological polar surface area (TPSA) is 26.3 Å². The molecule has 0 spiro atoms. The lowest BCUT2D eigenvalue weighted by molar-refractivity contribution is -0.144. The Morgan fingerprint density at radius 2 is 1.94 bits per heavy atom. The van der Waals surface area contributed by atoms with Gasteiger partial charge >= 0.3 is 0 Å². The maximum absolute atomic E-state index is 12.5. The van der Waals surface area contributed by atoms with Crippen LogP contribution in [0.25, 0.3) is 0 Å². The van der Waals surface area contributed by atoms with E-state index in [0.29, 0.717) is 11.4 Å². The number of methoxy groups -OCH3 is 1. The van der Waals surface area contributed by atoms with E-state index in [9.17, 15) is 4.79 Å². The third kappa shape index (κ3) is 2.76. The molecule has 98 valence electrons. The number of ketones is 1. The molecular weight excluding hydrogens is 248 g/mol. The second kappa shape index (κ2) is 5.85. The van der Waals surface area contributed by atoms with Crippen molar-refractivity contribution in [1.29, 1.82) is 0 Å². The highest BCUT2D eigenvalue weighted by Crippen LogP contribution is 2.33. The summed E-state index contributed by atoms with van der Waals surface area (Å²) in [4.78, 5) is 12.5. The van der Waals surface area contributed by atoms with Gasteiger partial charge in [0.15, 0.2) is 5.78 Å². The average molecular weight is 267 g/mol. The minimum Gasteiger partial charge on any atom is -0.370 e. The van der Waals surface area contributed by atoms with E-state index in [0.717, 1.165) is 31.2 Å². The third-order valence-electron chi connectivity index (χ3n) is 3.87. The molecule has 1 saturated carbocycles. The standard InChI is InChI=1S/C15H19ClO2/c1-18-15(9-5-2-6-10-15)14(17)11-12-7-3-4-8-13(12)16/h3-4,7-8H,2,5-6,9-11H2,1H3. The number of Topliss-reactive ketones (excluding diaryl/α,β-unsaturated/α-hetero) is 1. The summed E-state index contributed by atoms with van der Waals surface area (Å²) >= 11 is 6.10. The Bertz CT molecular complexity index is 422. The van der Waals surface area contributed by atoms with Crippen LogP contribution in [-0.2, 0) is 16.0 Å². The van der Waals surface area contributed by atoms with E-state index in [4.69, 9.17) is 16.3 Å². The van der Waals surface area contributed by atoms with Crippen LogP contribution in [0.4, 0.5) is 0 Å². The van der Waals surface area contributed by atoms with Crippen molar-refractivity contribution < 1.29 is 9.53 Å². The highest BCUT2D eigenvalue weighted by molar-refractivity contribution is 6.31. The molecule has 1 fully saturated rings. The largest absolute Gasteiger partial charge is 0.370 e. The first-order valence-electron chi connectivity index (χ1n) is 6.50. The summed E-state index contributed by atoms with van der Waals surface area (Å²) < 4.78 is 5.56. The van der Waals surface area contributed by atoms with Gasteiger partial charge in [-0.2, -0.15) is 0 Å². The average Bonchev–Trinajstić information content (AvgIpc) is 2.42. The van der Waals surface area contributed by atoms with Crippen LogP contribution >= 0.6 is 11.6 Å². The Labute approximate surface area is 113 Å². The van der Waals surface area contributed by atoms with Crippen LogP contribution in [-0.4, -0.2) is 18.5 Å². The lowest BCUT2D eigenvalue weighted by atomic mass is 9.79. The molecular formula is C15H19ClO2. The molecule has 0 atom stereocenters. The van der Waals surface area contributed by atoms with Crippen molar-refractivity contribution in [1.82, 2.24) is 0 Å². The molecule has 0 unspecified atom stereocenters. The molecule has 0 radical (unpaired) electrons. The normalized spacial score (nSPS) is 18.6. The molecule has 0 aromatic heterocycles. The van der Waals surface area contributed by atoms with E-state index in [1.807, 2.05) is 24.3 Å². The van der Waals surface area contributed by atoms with E-state index in [-0.39, 0.29) is 5.78 Å². The first-order chi connectivity index (χ1) is 8.68. The Balaban J connectivity index is 2.13. The summed E-state index contributed by atoms with van der Waals surface area (Å²) in [7, 11) is 1.65.